The number of carbonyl (C=O) groups excluding carboxylic acids is 2. The monoisotopic (exact) mass is 440 g/mol. The van der Waals surface area contributed by atoms with Crippen molar-refractivity contribution in [3.05, 3.63) is 59.2 Å². The number of nitrogens with one attached hydrogen (secondary N) is 2. The molecule has 2 N–H and O–H groups in total. The number of rotatable bonds is 10. The van der Waals surface area contributed by atoms with Crippen LogP contribution >= 0.6 is 0 Å². The van der Waals surface area contributed by atoms with Gasteiger partial charge < -0.3 is 20.1 Å². The summed E-state index contributed by atoms with van der Waals surface area (Å²) in [7, 11) is 1.59. The van der Waals surface area contributed by atoms with Gasteiger partial charge in [0, 0.05) is 5.56 Å². The molecule has 0 aliphatic rings. The second-order valence-corrected chi connectivity index (χ2v) is 8.78. The third-order valence-corrected chi connectivity index (χ3v) is 5.13. The van der Waals surface area contributed by atoms with E-state index < -0.39 is 6.04 Å². The maximum atomic E-state index is 13.1. The Balaban J connectivity index is 2.15. The van der Waals surface area contributed by atoms with Crippen LogP contribution < -0.4 is 20.1 Å². The van der Waals surface area contributed by atoms with E-state index >= 15 is 0 Å². The molecule has 32 heavy (non-hydrogen) atoms. The highest BCUT2D eigenvalue weighted by Crippen LogP contribution is 2.31. The molecule has 0 fully saturated rings. The summed E-state index contributed by atoms with van der Waals surface area (Å²) in [6.07, 6.45) is 0.571. The van der Waals surface area contributed by atoms with Crippen molar-refractivity contribution in [2.75, 3.05) is 7.11 Å². The van der Waals surface area contributed by atoms with Crippen molar-refractivity contribution in [2.45, 2.75) is 66.2 Å². The maximum Gasteiger partial charge on any atom is 0.252 e. The highest BCUT2D eigenvalue weighted by molar-refractivity contribution is 5.98. The zero-order valence-corrected chi connectivity index (χ0v) is 20.2. The topological polar surface area (TPSA) is 76.7 Å². The van der Waals surface area contributed by atoms with Gasteiger partial charge in [0.05, 0.1) is 19.3 Å². The van der Waals surface area contributed by atoms with Gasteiger partial charge in [-0.2, -0.15) is 0 Å². The Hall–Kier alpha value is -3.02. The van der Waals surface area contributed by atoms with E-state index in [-0.39, 0.29) is 29.9 Å². The Kier molecular flexibility index (Phi) is 9.12. The summed E-state index contributed by atoms with van der Waals surface area (Å²) in [4.78, 5) is 25.9. The molecule has 2 unspecified atom stereocenters. The highest BCUT2D eigenvalue weighted by atomic mass is 16.5. The van der Waals surface area contributed by atoms with E-state index in [1.807, 2.05) is 77.9 Å². The molecule has 0 bridgehead atoms. The molecule has 2 aromatic rings. The van der Waals surface area contributed by atoms with Gasteiger partial charge in [-0.3, -0.25) is 9.59 Å². The van der Waals surface area contributed by atoms with E-state index in [0.717, 1.165) is 11.1 Å². The quantitative estimate of drug-likeness (QED) is 0.556. The van der Waals surface area contributed by atoms with Gasteiger partial charge in [0.15, 0.2) is 11.5 Å². The lowest BCUT2D eigenvalue weighted by Crippen LogP contribution is -2.48. The first kappa shape index (κ1) is 25.2. The summed E-state index contributed by atoms with van der Waals surface area (Å²) in [6, 6.07) is 12.1. The number of methoxy groups -OCH3 is 1. The molecule has 0 aromatic heterocycles. The van der Waals surface area contributed by atoms with Crippen LogP contribution in [-0.2, 0) is 4.79 Å². The van der Waals surface area contributed by atoms with Crippen LogP contribution in [0.3, 0.4) is 0 Å². The van der Waals surface area contributed by atoms with Crippen LogP contribution in [0.1, 0.15) is 68.6 Å². The lowest BCUT2D eigenvalue weighted by molar-refractivity contribution is -0.124. The number of hydrogen-bond donors (Lipinski definition) is 2. The van der Waals surface area contributed by atoms with E-state index in [2.05, 4.69) is 10.6 Å². The van der Waals surface area contributed by atoms with Crippen LogP contribution in [0, 0.1) is 12.8 Å². The molecule has 0 saturated carbocycles. The van der Waals surface area contributed by atoms with Crippen LogP contribution in [0.5, 0.6) is 11.5 Å². The Bertz CT molecular complexity index is 924. The van der Waals surface area contributed by atoms with Crippen LogP contribution in [0.15, 0.2) is 42.5 Å². The van der Waals surface area contributed by atoms with E-state index in [0.29, 0.717) is 23.5 Å². The van der Waals surface area contributed by atoms with Crippen LogP contribution in [-0.4, -0.2) is 31.1 Å². The van der Waals surface area contributed by atoms with E-state index in [1.54, 1.807) is 13.2 Å². The van der Waals surface area contributed by atoms with Crippen LogP contribution in [0.2, 0.25) is 0 Å². The summed E-state index contributed by atoms with van der Waals surface area (Å²) in [5.41, 5.74) is 2.34. The maximum absolute atomic E-state index is 13.1. The standard InChI is InChI=1S/C26H36N2O4/c1-16(2)14-22(28-25(29)21-11-9-8-10-18(21)5)26(30)27-19(6)20-12-13-23(32-17(3)4)24(15-20)31-7/h8-13,15-17,19,22H,14H2,1-7H3,(H,27,30)(H,28,29). The molecule has 0 saturated heterocycles. The van der Waals surface area contributed by atoms with Gasteiger partial charge in [0.2, 0.25) is 5.91 Å². The molecule has 0 spiro atoms. The normalized spacial score (nSPS) is 12.9. The fourth-order valence-electron chi connectivity index (χ4n) is 3.47. The lowest BCUT2D eigenvalue weighted by atomic mass is 10.0. The van der Waals surface area contributed by atoms with Crippen molar-refractivity contribution in [3.63, 3.8) is 0 Å². The van der Waals surface area contributed by atoms with Gasteiger partial charge in [-0.05, 0) is 69.4 Å². The second-order valence-electron chi connectivity index (χ2n) is 8.78. The van der Waals surface area contributed by atoms with Crippen molar-refractivity contribution in [1.82, 2.24) is 10.6 Å². The van der Waals surface area contributed by atoms with Crippen molar-refractivity contribution < 1.29 is 19.1 Å². The summed E-state index contributed by atoms with van der Waals surface area (Å²) < 4.78 is 11.2. The Labute approximate surface area is 191 Å². The molecule has 2 atom stereocenters. The molecule has 6 heteroatoms. The molecule has 0 aliphatic heterocycles. The SMILES string of the molecule is COc1cc(C(C)NC(=O)C(CC(C)C)NC(=O)c2ccccc2C)ccc1OC(C)C. The highest BCUT2D eigenvalue weighted by Gasteiger charge is 2.25. The number of carbonyl (C=O) groups is 2. The van der Waals surface area contributed by atoms with E-state index in [4.69, 9.17) is 9.47 Å². The molecule has 0 radical (unpaired) electrons. The van der Waals surface area contributed by atoms with Crippen molar-refractivity contribution in [1.29, 1.82) is 0 Å². The Morgan fingerprint density at radius 1 is 0.938 bits per heavy atom. The molecule has 0 heterocycles. The zero-order valence-electron chi connectivity index (χ0n) is 20.2. The molecule has 2 amide bonds. The first-order valence-corrected chi connectivity index (χ1v) is 11.1. The average Bonchev–Trinajstić information content (AvgIpc) is 2.72. The summed E-state index contributed by atoms with van der Waals surface area (Å²) >= 11 is 0. The second kappa shape index (κ2) is 11.6. The number of hydrogen-bond acceptors (Lipinski definition) is 4. The fourth-order valence-corrected chi connectivity index (χ4v) is 3.47. The largest absolute Gasteiger partial charge is 0.493 e. The molecule has 6 nitrogen and oxygen atoms in total. The minimum atomic E-state index is -0.630. The number of benzene rings is 2. The number of ether oxygens (including phenoxy) is 2. The molecule has 2 rings (SSSR count). The summed E-state index contributed by atoms with van der Waals surface area (Å²) in [6.45, 7) is 11.8. The van der Waals surface area contributed by atoms with Gasteiger partial charge in [0.1, 0.15) is 6.04 Å². The molecule has 174 valence electrons. The predicted molar refractivity (Wildman–Crippen MR) is 127 cm³/mol. The van der Waals surface area contributed by atoms with Crippen molar-refractivity contribution >= 4 is 11.8 Å². The fraction of sp³-hybridized carbons (Fsp3) is 0.462. The lowest BCUT2D eigenvalue weighted by Gasteiger charge is -2.24. The van der Waals surface area contributed by atoms with Gasteiger partial charge in [-0.15, -0.1) is 0 Å². The predicted octanol–water partition coefficient (Wildman–Crippen LogP) is 4.81. The molecule has 0 aliphatic carbocycles. The van der Waals surface area contributed by atoms with Crippen LogP contribution in [0.25, 0.3) is 0 Å². The van der Waals surface area contributed by atoms with Crippen molar-refractivity contribution in [2.24, 2.45) is 5.92 Å². The van der Waals surface area contributed by atoms with Gasteiger partial charge in [0.25, 0.3) is 5.91 Å². The minimum Gasteiger partial charge on any atom is -0.493 e. The molecular weight excluding hydrogens is 404 g/mol. The molecular formula is C26H36N2O4. The minimum absolute atomic E-state index is 0.0283. The van der Waals surface area contributed by atoms with E-state index in [9.17, 15) is 9.59 Å². The van der Waals surface area contributed by atoms with Gasteiger partial charge in [-0.25, -0.2) is 0 Å². The number of aryl methyl sites for hydroxylation is 1. The smallest absolute Gasteiger partial charge is 0.252 e. The number of amides is 2. The van der Waals surface area contributed by atoms with Gasteiger partial charge >= 0.3 is 0 Å². The van der Waals surface area contributed by atoms with E-state index in [1.165, 1.54) is 0 Å². The third kappa shape index (κ3) is 7.01. The van der Waals surface area contributed by atoms with Crippen LogP contribution in [0.4, 0.5) is 0 Å². The Morgan fingerprint density at radius 3 is 2.22 bits per heavy atom. The first-order chi connectivity index (χ1) is 15.1. The molecule has 2 aromatic carbocycles. The Morgan fingerprint density at radius 2 is 1.62 bits per heavy atom. The zero-order chi connectivity index (χ0) is 23.8. The van der Waals surface area contributed by atoms with Crippen molar-refractivity contribution in [3.8, 4) is 11.5 Å². The summed E-state index contributed by atoms with van der Waals surface area (Å²) in [5, 5.41) is 5.95. The average molecular weight is 441 g/mol. The third-order valence-electron chi connectivity index (χ3n) is 5.13. The van der Waals surface area contributed by atoms with Gasteiger partial charge in [-0.1, -0.05) is 38.1 Å². The first-order valence-electron chi connectivity index (χ1n) is 11.1. The summed E-state index contributed by atoms with van der Waals surface area (Å²) in [5.74, 6) is 1.06.